The molecule has 8 atom stereocenters. The van der Waals surface area contributed by atoms with Gasteiger partial charge in [-0.25, -0.2) is 4.79 Å². The van der Waals surface area contributed by atoms with Crippen LogP contribution in [0.3, 0.4) is 0 Å². The van der Waals surface area contributed by atoms with Gasteiger partial charge in [0.25, 0.3) is 6.47 Å². The van der Waals surface area contributed by atoms with E-state index in [0.717, 1.165) is 35.7 Å². The zero-order chi connectivity index (χ0) is 19.3. The molecule has 0 radical (unpaired) electrons. The average molecular weight is 380 g/mol. The molecule has 0 aromatic rings. The second-order valence-electron chi connectivity index (χ2n) is 9.14. The van der Waals surface area contributed by atoms with Gasteiger partial charge in [0.05, 0.1) is 7.11 Å². The number of esters is 1. The third-order valence-corrected chi connectivity index (χ3v) is 8.01. The Morgan fingerprint density at radius 3 is 2.71 bits per heavy atom. The van der Waals surface area contributed by atoms with Crippen LogP contribution >= 0.6 is 0 Å². The molecule has 6 aliphatic carbocycles. The zero-order valence-corrected chi connectivity index (χ0v) is 16.3. The highest BCUT2D eigenvalue weighted by molar-refractivity contribution is 5.89. The predicted octanol–water partition coefficient (Wildman–Crippen LogP) is 3.86. The van der Waals surface area contributed by atoms with Gasteiger partial charge >= 0.3 is 5.97 Å². The lowest BCUT2D eigenvalue weighted by Crippen LogP contribution is -2.19. The zero-order valence-electron chi connectivity index (χ0n) is 16.3. The van der Waals surface area contributed by atoms with Crippen molar-refractivity contribution in [3.63, 3.8) is 0 Å². The molecule has 28 heavy (non-hydrogen) atoms. The van der Waals surface area contributed by atoms with Gasteiger partial charge in [-0.15, -0.1) is 0 Å². The van der Waals surface area contributed by atoms with Crippen LogP contribution in [0.1, 0.15) is 25.7 Å². The summed E-state index contributed by atoms with van der Waals surface area (Å²) in [6, 6.07) is 0. The Hall–Kier alpha value is -2.10. The third-order valence-electron chi connectivity index (χ3n) is 8.01. The van der Waals surface area contributed by atoms with Crippen LogP contribution in [-0.2, 0) is 19.1 Å². The van der Waals surface area contributed by atoms with Crippen molar-refractivity contribution in [3.8, 4) is 0 Å². The van der Waals surface area contributed by atoms with Crippen LogP contribution in [0.4, 0.5) is 0 Å². The van der Waals surface area contributed by atoms with Crippen molar-refractivity contribution in [3.05, 3.63) is 47.6 Å². The normalized spacial score (nSPS) is 42.5. The first-order valence-corrected chi connectivity index (χ1v) is 10.6. The molecule has 0 aliphatic heterocycles. The van der Waals surface area contributed by atoms with Crippen molar-refractivity contribution in [1.29, 1.82) is 0 Å². The number of rotatable bonds is 4. The van der Waals surface area contributed by atoms with Gasteiger partial charge in [0.1, 0.15) is 6.61 Å². The van der Waals surface area contributed by atoms with E-state index in [-0.39, 0.29) is 5.97 Å². The number of carbonyl (C=O) groups is 2. The maximum absolute atomic E-state index is 11.4. The van der Waals surface area contributed by atoms with E-state index in [4.69, 9.17) is 9.47 Å². The molecule has 0 spiro atoms. The molecule has 2 saturated carbocycles. The van der Waals surface area contributed by atoms with Gasteiger partial charge in [0.15, 0.2) is 0 Å². The molecule has 0 heterocycles. The molecule has 4 heteroatoms. The first-order chi connectivity index (χ1) is 13.7. The number of ether oxygens (including phenoxy) is 2. The Kier molecular flexibility index (Phi) is 4.53. The number of carbonyl (C=O) groups excluding carboxylic acids is 2. The minimum absolute atomic E-state index is 0.126. The van der Waals surface area contributed by atoms with Gasteiger partial charge < -0.3 is 9.47 Å². The summed E-state index contributed by atoms with van der Waals surface area (Å²) in [6.07, 6.45) is 18.6. The molecule has 2 fully saturated rings. The van der Waals surface area contributed by atoms with E-state index in [1.807, 2.05) is 0 Å². The molecule has 0 saturated heterocycles. The van der Waals surface area contributed by atoms with E-state index in [2.05, 4.69) is 36.5 Å². The van der Waals surface area contributed by atoms with Crippen molar-refractivity contribution in [2.75, 3.05) is 13.7 Å². The van der Waals surface area contributed by atoms with Gasteiger partial charge in [0.2, 0.25) is 0 Å². The topological polar surface area (TPSA) is 52.6 Å². The largest absolute Gasteiger partial charge is 0.466 e. The number of fused-ring (bicyclic) bond motifs is 10. The molecular weight excluding hydrogens is 352 g/mol. The van der Waals surface area contributed by atoms with E-state index < -0.39 is 0 Å². The summed E-state index contributed by atoms with van der Waals surface area (Å²) < 4.78 is 9.61. The number of hydrogen-bond donors (Lipinski definition) is 0. The van der Waals surface area contributed by atoms with E-state index in [1.165, 1.54) is 31.9 Å². The fraction of sp³-hybridized carbons (Fsp3) is 0.583. The lowest BCUT2D eigenvalue weighted by molar-refractivity contribution is -0.136. The Bertz CT molecular complexity index is 788. The number of allylic oxidation sites excluding steroid dienone is 6. The molecule has 0 aromatic heterocycles. The van der Waals surface area contributed by atoms with E-state index in [0.29, 0.717) is 36.8 Å². The van der Waals surface area contributed by atoms with Crippen LogP contribution in [0.15, 0.2) is 47.6 Å². The minimum atomic E-state index is -0.126. The molecule has 6 aliphatic rings. The second kappa shape index (κ2) is 7.06. The van der Waals surface area contributed by atoms with Gasteiger partial charge in [-0.05, 0) is 78.6 Å². The van der Waals surface area contributed by atoms with Crippen LogP contribution in [0, 0.1) is 47.3 Å². The molecule has 0 amide bonds. The smallest absolute Gasteiger partial charge is 0.333 e. The summed E-state index contributed by atoms with van der Waals surface area (Å²) in [5.41, 5.74) is 2.27. The highest BCUT2D eigenvalue weighted by Gasteiger charge is 2.48. The van der Waals surface area contributed by atoms with Gasteiger partial charge in [-0.2, -0.15) is 0 Å². The minimum Gasteiger partial charge on any atom is -0.466 e. The first kappa shape index (κ1) is 18.0. The van der Waals surface area contributed by atoms with Gasteiger partial charge in [-0.3, -0.25) is 4.79 Å². The highest BCUT2D eigenvalue weighted by atomic mass is 16.5. The Labute approximate surface area is 166 Å². The molecule has 4 unspecified atom stereocenters. The standard InChI is InChI=1S/2C12H14O2/c1-14-12(13)9-5-10-7-2-3-8(4-7)11(10)6-9;13-7-14-6-9-4-8-5-12(9)11-3-1-2-10(8)11/h2-3,5,7-8,10-11H,4,6H2,1H3;1-2,4,7-8,10-12H,3,5-6H2/t7?,8-,10?,11-;8?,10?,11-,12-/m01/s1. The van der Waals surface area contributed by atoms with Crippen molar-refractivity contribution in [2.45, 2.75) is 25.7 Å². The molecule has 148 valence electrons. The molecule has 0 aromatic carbocycles. The van der Waals surface area contributed by atoms with Crippen molar-refractivity contribution < 1.29 is 19.1 Å². The lowest BCUT2D eigenvalue weighted by atomic mass is 9.82. The lowest BCUT2D eigenvalue weighted by Gasteiger charge is -2.24. The second-order valence-corrected chi connectivity index (χ2v) is 9.14. The van der Waals surface area contributed by atoms with Crippen molar-refractivity contribution in [1.82, 2.24) is 0 Å². The van der Waals surface area contributed by atoms with Crippen molar-refractivity contribution >= 4 is 12.4 Å². The summed E-state index contributed by atoms with van der Waals surface area (Å²) in [7, 11) is 1.46. The predicted molar refractivity (Wildman–Crippen MR) is 105 cm³/mol. The van der Waals surface area contributed by atoms with Crippen molar-refractivity contribution in [2.24, 2.45) is 47.3 Å². The third kappa shape index (κ3) is 2.80. The SMILES string of the molecule is COC(=O)C1=CC2C3C=C[C@@H](C3)[C@@H]2C1.O=COCC1=CC2C[C@H]1[C@@H]1CC=CC21. The Balaban J connectivity index is 0.000000122. The van der Waals surface area contributed by atoms with Crippen LogP contribution < -0.4 is 0 Å². The summed E-state index contributed by atoms with van der Waals surface area (Å²) in [6.45, 7) is 1.07. The first-order valence-electron chi connectivity index (χ1n) is 10.6. The maximum atomic E-state index is 11.4. The van der Waals surface area contributed by atoms with E-state index in [1.54, 1.807) is 0 Å². The number of hydrogen-bond acceptors (Lipinski definition) is 4. The van der Waals surface area contributed by atoms with Crippen LogP contribution in [-0.4, -0.2) is 26.2 Å². The summed E-state index contributed by atoms with van der Waals surface area (Å²) in [4.78, 5) is 21.5. The number of methoxy groups -OCH3 is 1. The maximum Gasteiger partial charge on any atom is 0.333 e. The van der Waals surface area contributed by atoms with Crippen LogP contribution in [0.25, 0.3) is 0 Å². The van der Waals surface area contributed by atoms with Crippen LogP contribution in [0.2, 0.25) is 0 Å². The van der Waals surface area contributed by atoms with E-state index >= 15 is 0 Å². The van der Waals surface area contributed by atoms with Gasteiger partial charge in [-0.1, -0.05) is 36.5 Å². The Morgan fingerprint density at radius 2 is 1.93 bits per heavy atom. The quantitative estimate of drug-likeness (QED) is 0.422. The molecule has 4 nitrogen and oxygen atoms in total. The summed E-state index contributed by atoms with van der Waals surface area (Å²) in [5.74, 6) is 5.65. The highest BCUT2D eigenvalue weighted by Crippen LogP contribution is 2.56. The summed E-state index contributed by atoms with van der Waals surface area (Å²) >= 11 is 0. The molecular formula is C24H28O4. The van der Waals surface area contributed by atoms with Gasteiger partial charge in [0, 0.05) is 5.57 Å². The summed E-state index contributed by atoms with van der Waals surface area (Å²) in [5, 5.41) is 0. The molecule has 4 bridgehead atoms. The Morgan fingerprint density at radius 1 is 1.07 bits per heavy atom. The fourth-order valence-electron chi connectivity index (χ4n) is 6.83. The average Bonchev–Trinajstić information content (AvgIpc) is 3.52. The van der Waals surface area contributed by atoms with E-state index in [9.17, 15) is 9.59 Å². The fourth-order valence-corrected chi connectivity index (χ4v) is 6.83. The monoisotopic (exact) mass is 380 g/mol. The van der Waals surface area contributed by atoms with Crippen LogP contribution in [0.5, 0.6) is 0 Å². The molecule has 6 rings (SSSR count). The molecule has 0 N–H and O–H groups in total.